The Hall–Kier alpha value is -0.960. The molecule has 1 atom stereocenters. The first-order valence-electron chi connectivity index (χ1n) is 4.28. The van der Waals surface area contributed by atoms with Crippen LogP contribution in [0.15, 0.2) is 18.2 Å². The fraction of sp³-hybridized carbons (Fsp3) is 0.400. The van der Waals surface area contributed by atoms with Gasteiger partial charge in [0.2, 0.25) is 0 Å². The molecule has 13 heavy (non-hydrogen) atoms. The summed E-state index contributed by atoms with van der Waals surface area (Å²) >= 11 is 0. The summed E-state index contributed by atoms with van der Waals surface area (Å²) in [6.45, 7) is 2.31. The molecule has 1 nitrogen and oxygen atoms in total. The summed E-state index contributed by atoms with van der Waals surface area (Å²) in [5, 5.41) is 0. The average molecular weight is 185 g/mol. The zero-order valence-electron chi connectivity index (χ0n) is 7.56. The monoisotopic (exact) mass is 185 g/mol. The molecule has 0 aliphatic heterocycles. The predicted molar refractivity (Wildman–Crippen MR) is 48.3 cm³/mol. The van der Waals surface area contributed by atoms with Gasteiger partial charge in [-0.25, -0.2) is 8.78 Å². The van der Waals surface area contributed by atoms with Gasteiger partial charge in [0.05, 0.1) is 0 Å². The molecule has 0 heterocycles. The molecule has 3 heteroatoms. The Balaban J connectivity index is 2.87. The van der Waals surface area contributed by atoms with Crippen LogP contribution in [0.2, 0.25) is 0 Å². The Morgan fingerprint density at radius 2 is 1.85 bits per heavy atom. The Kier molecular flexibility index (Phi) is 3.37. The number of benzene rings is 1. The Morgan fingerprint density at radius 3 is 2.31 bits per heavy atom. The van der Waals surface area contributed by atoms with Crippen molar-refractivity contribution < 1.29 is 8.78 Å². The van der Waals surface area contributed by atoms with E-state index in [-0.39, 0.29) is 11.5 Å². The van der Waals surface area contributed by atoms with Crippen molar-refractivity contribution in [3.8, 4) is 0 Å². The van der Waals surface area contributed by atoms with Gasteiger partial charge in [-0.2, -0.15) is 0 Å². The second-order valence-electron chi connectivity index (χ2n) is 3.25. The van der Waals surface area contributed by atoms with E-state index in [9.17, 15) is 8.78 Å². The van der Waals surface area contributed by atoms with Gasteiger partial charge in [-0.1, -0.05) is 13.0 Å². The summed E-state index contributed by atoms with van der Waals surface area (Å²) in [6, 6.07) is 3.89. The average Bonchev–Trinajstić information content (AvgIpc) is 2.11. The van der Waals surface area contributed by atoms with Gasteiger partial charge in [-0.05, 0) is 31.0 Å². The zero-order valence-corrected chi connectivity index (χ0v) is 7.56. The van der Waals surface area contributed by atoms with Crippen LogP contribution in [0.3, 0.4) is 0 Å². The van der Waals surface area contributed by atoms with Gasteiger partial charge in [-0.3, -0.25) is 0 Å². The van der Waals surface area contributed by atoms with Crippen molar-refractivity contribution in [2.75, 3.05) is 6.54 Å². The first kappa shape index (κ1) is 10.1. The highest BCUT2D eigenvalue weighted by Gasteiger charge is 2.10. The maximum absolute atomic E-state index is 13.1. The van der Waals surface area contributed by atoms with Crippen molar-refractivity contribution in [3.63, 3.8) is 0 Å². The van der Waals surface area contributed by atoms with Crippen molar-refractivity contribution >= 4 is 0 Å². The van der Waals surface area contributed by atoms with E-state index in [2.05, 4.69) is 0 Å². The third-order valence-electron chi connectivity index (χ3n) is 2.02. The molecule has 0 aliphatic rings. The van der Waals surface area contributed by atoms with Crippen LogP contribution in [-0.2, 0) is 6.42 Å². The molecule has 2 N–H and O–H groups in total. The Labute approximate surface area is 76.6 Å². The van der Waals surface area contributed by atoms with Gasteiger partial charge in [0.15, 0.2) is 0 Å². The maximum atomic E-state index is 13.1. The van der Waals surface area contributed by atoms with Gasteiger partial charge in [-0.15, -0.1) is 0 Å². The largest absolute Gasteiger partial charge is 0.330 e. The second kappa shape index (κ2) is 4.33. The number of hydrogen-bond donors (Lipinski definition) is 1. The lowest BCUT2D eigenvalue weighted by atomic mass is 10.0. The van der Waals surface area contributed by atoms with E-state index in [1.54, 1.807) is 0 Å². The number of halogens is 2. The van der Waals surface area contributed by atoms with Crippen molar-refractivity contribution in [2.24, 2.45) is 11.7 Å². The molecular formula is C10H13F2N. The predicted octanol–water partition coefficient (Wildman–Crippen LogP) is 2.10. The SMILES string of the molecule is CC(CN)Cc1c(F)cccc1F. The van der Waals surface area contributed by atoms with Gasteiger partial charge < -0.3 is 5.73 Å². The summed E-state index contributed by atoms with van der Waals surface area (Å²) in [5.41, 5.74) is 5.51. The number of rotatable bonds is 3. The smallest absolute Gasteiger partial charge is 0.129 e. The van der Waals surface area contributed by atoms with Crippen LogP contribution in [-0.4, -0.2) is 6.54 Å². The Bertz CT molecular complexity index is 266. The van der Waals surface area contributed by atoms with Crippen LogP contribution in [0.25, 0.3) is 0 Å². The molecule has 72 valence electrons. The molecule has 1 aromatic rings. The topological polar surface area (TPSA) is 26.0 Å². The first-order chi connectivity index (χ1) is 6.15. The van der Waals surface area contributed by atoms with Gasteiger partial charge in [0.1, 0.15) is 11.6 Å². The van der Waals surface area contributed by atoms with Crippen LogP contribution in [0, 0.1) is 17.6 Å². The quantitative estimate of drug-likeness (QED) is 0.766. The lowest BCUT2D eigenvalue weighted by Crippen LogP contribution is -2.14. The molecule has 0 amide bonds. The van der Waals surface area contributed by atoms with Crippen molar-refractivity contribution in [2.45, 2.75) is 13.3 Å². The van der Waals surface area contributed by atoms with E-state index in [4.69, 9.17) is 5.73 Å². The maximum Gasteiger partial charge on any atom is 0.129 e. The first-order valence-corrected chi connectivity index (χ1v) is 4.28. The van der Waals surface area contributed by atoms with E-state index < -0.39 is 11.6 Å². The third kappa shape index (κ3) is 2.49. The number of nitrogens with two attached hydrogens (primary N) is 1. The lowest BCUT2D eigenvalue weighted by molar-refractivity contribution is 0.512. The molecule has 1 unspecified atom stereocenters. The molecule has 0 spiro atoms. The molecule has 0 fully saturated rings. The minimum atomic E-state index is -0.486. The summed E-state index contributed by atoms with van der Waals surface area (Å²) in [5.74, 6) is -0.869. The van der Waals surface area contributed by atoms with E-state index in [0.717, 1.165) is 0 Å². The molecule has 0 aliphatic carbocycles. The summed E-state index contributed by atoms with van der Waals surface area (Å²) in [6.07, 6.45) is 0.356. The molecule has 0 radical (unpaired) electrons. The summed E-state index contributed by atoms with van der Waals surface area (Å²) in [4.78, 5) is 0. The van der Waals surface area contributed by atoms with E-state index in [1.165, 1.54) is 18.2 Å². The lowest BCUT2D eigenvalue weighted by Gasteiger charge is -2.09. The molecule has 1 aromatic carbocycles. The highest BCUT2D eigenvalue weighted by Crippen LogP contribution is 2.15. The fourth-order valence-electron chi connectivity index (χ4n) is 1.16. The highest BCUT2D eigenvalue weighted by atomic mass is 19.1. The van der Waals surface area contributed by atoms with Crippen LogP contribution in [0.5, 0.6) is 0 Å². The number of hydrogen-bond acceptors (Lipinski definition) is 1. The van der Waals surface area contributed by atoms with Crippen LogP contribution in [0.1, 0.15) is 12.5 Å². The van der Waals surface area contributed by atoms with Gasteiger partial charge in [0.25, 0.3) is 0 Å². The van der Waals surface area contributed by atoms with E-state index in [1.807, 2.05) is 6.92 Å². The van der Waals surface area contributed by atoms with Crippen molar-refractivity contribution in [1.29, 1.82) is 0 Å². The molecule has 0 saturated carbocycles. The van der Waals surface area contributed by atoms with Gasteiger partial charge in [0, 0.05) is 5.56 Å². The summed E-state index contributed by atoms with van der Waals surface area (Å²) < 4.78 is 26.1. The molecule has 0 bridgehead atoms. The standard InChI is InChI=1S/C10H13F2N/c1-7(6-13)5-8-9(11)3-2-4-10(8)12/h2-4,7H,5-6,13H2,1H3. The normalized spacial score (nSPS) is 12.9. The minimum Gasteiger partial charge on any atom is -0.330 e. The van der Waals surface area contributed by atoms with Crippen molar-refractivity contribution in [3.05, 3.63) is 35.4 Å². The third-order valence-corrected chi connectivity index (χ3v) is 2.02. The molecule has 0 saturated heterocycles. The second-order valence-corrected chi connectivity index (χ2v) is 3.25. The Morgan fingerprint density at radius 1 is 1.31 bits per heavy atom. The molecular weight excluding hydrogens is 172 g/mol. The summed E-state index contributed by atoms with van der Waals surface area (Å²) in [7, 11) is 0. The van der Waals surface area contributed by atoms with Crippen LogP contribution in [0.4, 0.5) is 8.78 Å². The zero-order chi connectivity index (χ0) is 9.84. The van der Waals surface area contributed by atoms with Gasteiger partial charge >= 0.3 is 0 Å². The molecule has 1 rings (SSSR count). The van der Waals surface area contributed by atoms with Crippen molar-refractivity contribution in [1.82, 2.24) is 0 Å². The highest BCUT2D eigenvalue weighted by molar-refractivity contribution is 5.20. The molecule has 0 aromatic heterocycles. The van der Waals surface area contributed by atoms with Crippen LogP contribution >= 0.6 is 0 Å². The van der Waals surface area contributed by atoms with E-state index >= 15 is 0 Å². The van der Waals surface area contributed by atoms with Crippen LogP contribution < -0.4 is 5.73 Å². The fourth-order valence-corrected chi connectivity index (χ4v) is 1.16. The van der Waals surface area contributed by atoms with E-state index in [0.29, 0.717) is 13.0 Å². The minimum absolute atomic E-state index is 0.103.